The van der Waals surface area contributed by atoms with Crippen LogP contribution in [0.1, 0.15) is 13.0 Å². The van der Waals surface area contributed by atoms with Crippen molar-refractivity contribution in [3.05, 3.63) is 63.6 Å². The number of amides is 1. The molecule has 14 heteroatoms. The molecule has 0 radical (unpaired) electrons. The largest absolute Gasteiger partial charge is 0.336 e. The first-order chi connectivity index (χ1) is 18.4. The topological polar surface area (TPSA) is 170 Å². The third-order valence-corrected chi connectivity index (χ3v) is 6.76. The number of nitrogens with one attached hydrogen (secondary N) is 1. The van der Waals surface area contributed by atoms with Gasteiger partial charge in [0.25, 0.3) is 5.56 Å². The average Bonchev–Trinajstić information content (AvgIpc) is 3.32. The van der Waals surface area contributed by atoms with Gasteiger partial charge in [-0.05, 0) is 12.5 Å². The molecule has 6 rings (SSSR count). The van der Waals surface area contributed by atoms with Crippen LogP contribution in [0, 0.1) is 17.2 Å². The van der Waals surface area contributed by atoms with E-state index < -0.39 is 29.7 Å². The summed E-state index contributed by atoms with van der Waals surface area (Å²) in [6.45, 7) is 2.93. The number of aryl methyl sites for hydroxylation is 1. The van der Waals surface area contributed by atoms with E-state index in [2.05, 4.69) is 41.2 Å². The lowest BCUT2D eigenvalue weighted by molar-refractivity contribution is -0.118. The molecule has 2 aliphatic rings. The Labute approximate surface area is 214 Å². The molecule has 0 aromatic carbocycles. The van der Waals surface area contributed by atoms with Crippen LogP contribution in [0.25, 0.3) is 22.4 Å². The standard InChI is InChI=1S/C24H21N11O3/c1-13(35-12-29-20-19(35)22(37)34(4-3-25)24(38)32(20)2)21(36)31-18-9-26-8-17(30-18)16-6-27-23(28-7-16)33-10-14-5-15(14)11-33/h5-9,12-14H,4,10-11H2,1-2H3,(H,30,31,36)/t13-,14?/m0/s1. The predicted molar refractivity (Wildman–Crippen MR) is 135 cm³/mol. The van der Waals surface area contributed by atoms with E-state index in [9.17, 15) is 14.4 Å². The van der Waals surface area contributed by atoms with Crippen molar-refractivity contribution < 1.29 is 4.79 Å². The van der Waals surface area contributed by atoms with E-state index in [1.807, 2.05) is 0 Å². The van der Waals surface area contributed by atoms with Gasteiger partial charge in [0, 0.05) is 44.0 Å². The highest BCUT2D eigenvalue weighted by molar-refractivity contribution is 5.93. The average molecular weight is 512 g/mol. The van der Waals surface area contributed by atoms with Crippen molar-refractivity contribution in [2.24, 2.45) is 13.0 Å². The molecule has 1 fully saturated rings. The quantitative estimate of drug-likeness (QED) is 0.354. The van der Waals surface area contributed by atoms with Gasteiger partial charge in [0.1, 0.15) is 12.6 Å². The zero-order valence-electron chi connectivity index (χ0n) is 20.4. The molecular weight excluding hydrogens is 490 g/mol. The van der Waals surface area contributed by atoms with Gasteiger partial charge in [-0.15, -0.1) is 0 Å². The van der Waals surface area contributed by atoms with Crippen LogP contribution in [0.15, 0.2) is 52.4 Å². The van der Waals surface area contributed by atoms with Gasteiger partial charge in [0.2, 0.25) is 11.9 Å². The number of nitriles is 1. The lowest BCUT2D eigenvalue weighted by Gasteiger charge is -2.16. The Morgan fingerprint density at radius 2 is 2.00 bits per heavy atom. The third kappa shape index (κ3) is 3.81. The predicted octanol–water partition coefficient (Wildman–Crippen LogP) is 0.243. The summed E-state index contributed by atoms with van der Waals surface area (Å²) in [4.78, 5) is 62.3. The smallest absolute Gasteiger partial charge is 0.333 e. The van der Waals surface area contributed by atoms with Gasteiger partial charge in [0.05, 0.1) is 30.5 Å². The van der Waals surface area contributed by atoms with Crippen LogP contribution in [-0.4, -0.2) is 57.6 Å². The van der Waals surface area contributed by atoms with Crippen LogP contribution in [0.5, 0.6) is 0 Å². The van der Waals surface area contributed by atoms with Crippen LogP contribution in [0.2, 0.25) is 0 Å². The number of hydrogen-bond donors (Lipinski definition) is 1. The maximum atomic E-state index is 13.1. The zero-order chi connectivity index (χ0) is 26.6. The first kappa shape index (κ1) is 23.2. The van der Waals surface area contributed by atoms with E-state index in [1.165, 1.54) is 34.3 Å². The molecule has 1 aliphatic heterocycles. The number of hydrogen-bond acceptors (Lipinski definition) is 10. The minimum Gasteiger partial charge on any atom is -0.336 e. The SMILES string of the molecule is C[C@@H](C(=O)Nc1cncc(-c2cnc(N3CC4=CC4C3)nc2)n1)n1cnc2c1c(=O)n(CC#N)c(=O)n2C. The molecule has 1 amide bonds. The van der Waals surface area contributed by atoms with E-state index in [1.54, 1.807) is 31.6 Å². The lowest BCUT2D eigenvalue weighted by Crippen LogP contribution is -2.40. The first-order valence-corrected chi connectivity index (χ1v) is 11.8. The normalized spacial score (nSPS) is 16.6. The molecule has 14 nitrogen and oxygen atoms in total. The summed E-state index contributed by atoms with van der Waals surface area (Å²) < 4.78 is 3.33. The fourth-order valence-corrected chi connectivity index (χ4v) is 4.56. The molecule has 0 spiro atoms. The number of carbonyl (C=O) groups is 1. The summed E-state index contributed by atoms with van der Waals surface area (Å²) >= 11 is 0. The van der Waals surface area contributed by atoms with Crippen LogP contribution < -0.4 is 21.5 Å². The summed E-state index contributed by atoms with van der Waals surface area (Å²) in [6.07, 6.45) is 9.87. The van der Waals surface area contributed by atoms with E-state index >= 15 is 0 Å². The number of aromatic nitrogens is 8. The second kappa shape index (κ2) is 8.73. The van der Waals surface area contributed by atoms with Crippen molar-refractivity contribution in [3.8, 4) is 17.3 Å². The summed E-state index contributed by atoms with van der Waals surface area (Å²) in [7, 11) is 1.45. The van der Waals surface area contributed by atoms with Gasteiger partial charge in [-0.3, -0.25) is 19.1 Å². The Morgan fingerprint density at radius 3 is 2.71 bits per heavy atom. The maximum absolute atomic E-state index is 13.1. The number of nitrogens with zero attached hydrogens (tertiary/aromatic N) is 10. The Morgan fingerprint density at radius 1 is 1.21 bits per heavy atom. The highest BCUT2D eigenvalue weighted by atomic mass is 16.2. The van der Waals surface area contributed by atoms with E-state index in [0.29, 0.717) is 23.1 Å². The second-order valence-corrected chi connectivity index (χ2v) is 9.17. The van der Waals surface area contributed by atoms with Crippen molar-refractivity contribution in [1.29, 1.82) is 5.26 Å². The molecule has 1 saturated heterocycles. The molecule has 0 saturated carbocycles. The number of anilines is 2. The highest BCUT2D eigenvalue weighted by Gasteiger charge is 2.36. The van der Waals surface area contributed by atoms with Gasteiger partial charge in [0.15, 0.2) is 17.0 Å². The molecular formula is C24H21N11O3. The third-order valence-electron chi connectivity index (χ3n) is 6.76. The molecule has 1 aliphatic carbocycles. The minimum absolute atomic E-state index is 0.0358. The van der Waals surface area contributed by atoms with Gasteiger partial charge in [-0.1, -0.05) is 6.08 Å². The highest BCUT2D eigenvalue weighted by Crippen LogP contribution is 2.37. The zero-order valence-corrected chi connectivity index (χ0v) is 20.4. The van der Waals surface area contributed by atoms with Crippen molar-refractivity contribution >= 4 is 28.8 Å². The van der Waals surface area contributed by atoms with E-state index in [0.717, 1.165) is 17.7 Å². The summed E-state index contributed by atoms with van der Waals surface area (Å²) in [5.41, 5.74) is 1.35. The van der Waals surface area contributed by atoms with Gasteiger partial charge >= 0.3 is 5.69 Å². The number of fused-ring (bicyclic) bond motifs is 2. The molecule has 1 unspecified atom stereocenters. The number of carbonyl (C=O) groups excluding carboxylic acids is 1. The molecule has 38 heavy (non-hydrogen) atoms. The molecule has 4 aromatic rings. The lowest BCUT2D eigenvalue weighted by atomic mass is 10.2. The van der Waals surface area contributed by atoms with Gasteiger partial charge in [-0.2, -0.15) is 5.26 Å². The van der Waals surface area contributed by atoms with Gasteiger partial charge in [-0.25, -0.2) is 29.3 Å². The molecule has 1 N–H and O–H groups in total. The Bertz CT molecular complexity index is 1790. The molecule has 4 aromatic heterocycles. The van der Waals surface area contributed by atoms with Crippen LogP contribution in [-0.2, 0) is 18.4 Å². The minimum atomic E-state index is -0.893. The number of imidazole rings is 1. The van der Waals surface area contributed by atoms with E-state index in [-0.39, 0.29) is 17.0 Å². The van der Waals surface area contributed by atoms with Crippen molar-refractivity contribution in [3.63, 3.8) is 0 Å². The fraction of sp³-hybridized carbons (Fsp3) is 0.292. The van der Waals surface area contributed by atoms with Crippen LogP contribution in [0.4, 0.5) is 11.8 Å². The van der Waals surface area contributed by atoms with Crippen molar-refractivity contribution in [1.82, 2.24) is 38.6 Å². The van der Waals surface area contributed by atoms with Crippen LogP contribution in [0.3, 0.4) is 0 Å². The molecule has 2 atom stereocenters. The molecule has 5 heterocycles. The monoisotopic (exact) mass is 511 g/mol. The van der Waals surface area contributed by atoms with Crippen molar-refractivity contribution in [2.75, 3.05) is 23.3 Å². The summed E-state index contributed by atoms with van der Waals surface area (Å²) in [6, 6.07) is 0.912. The Balaban J connectivity index is 1.23. The Hall–Kier alpha value is -5.19. The summed E-state index contributed by atoms with van der Waals surface area (Å²) in [5, 5.41) is 11.7. The maximum Gasteiger partial charge on any atom is 0.333 e. The number of rotatable bonds is 6. The fourth-order valence-electron chi connectivity index (χ4n) is 4.56. The first-order valence-electron chi connectivity index (χ1n) is 11.8. The Kier molecular flexibility index (Phi) is 5.34. The second-order valence-electron chi connectivity index (χ2n) is 9.17. The summed E-state index contributed by atoms with van der Waals surface area (Å²) in [5.74, 6) is 0.947. The molecule has 190 valence electrons. The van der Waals surface area contributed by atoms with Crippen LogP contribution >= 0.6 is 0 Å². The van der Waals surface area contributed by atoms with E-state index in [4.69, 9.17) is 5.26 Å². The van der Waals surface area contributed by atoms with Crippen molar-refractivity contribution in [2.45, 2.75) is 19.5 Å². The van der Waals surface area contributed by atoms with Gasteiger partial charge < -0.3 is 14.8 Å². The molecule has 0 bridgehead atoms.